The Morgan fingerprint density at radius 2 is 1.82 bits per heavy atom. The number of rotatable bonds is 3. The van der Waals surface area contributed by atoms with Crippen molar-refractivity contribution in [2.45, 2.75) is 0 Å². The van der Waals surface area contributed by atoms with Crippen LogP contribution in [-0.2, 0) is 7.05 Å². The number of pyridine rings is 1. The van der Waals surface area contributed by atoms with E-state index in [2.05, 4.69) is 15.4 Å². The number of hydrogen-bond acceptors (Lipinski definition) is 3. The molecular formula is C16H13ClN4O. The summed E-state index contributed by atoms with van der Waals surface area (Å²) in [5.74, 6) is 0.410. The largest absolute Gasteiger partial charge is 0.307 e. The Morgan fingerprint density at radius 1 is 1.14 bits per heavy atom. The van der Waals surface area contributed by atoms with Gasteiger partial charge in [-0.15, -0.1) is 0 Å². The Hall–Kier alpha value is -2.66. The van der Waals surface area contributed by atoms with Gasteiger partial charge in [0.2, 0.25) is 0 Å². The number of carbonyl (C=O) groups is 1. The molecule has 2 aromatic heterocycles. The minimum absolute atomic E-state index is 0.207. The van der Waals surface area contributed by atoms with Crippen molar-refractivity contribution in [2.24, 2.45) is 7.05 Å². The monoisotopic (exact) mass is 312 g/mol. The fourth-order valence-electron chi connectivity index (χ4n) is 2.04. The van der Waals surface area contributed by atoms with Gasteiger partial charge in [-0.25, -0.2) is 0 Å². The van der Waals surface area contributed by atoms with Gasteiger partial charge in [-0.05, 0) is 36.4 Å². The smallest absolute Gasteiger partial charge is 0.256 e. The van der Waals surface area contributed by atoms with Gasteiger partial charge in [-0.2, -0.15) is 5.10 Å². The SMILES string of the molecule is Cn1nc(-c2ccncc2)cc1NC(=O)c1ccc(Cl)cc1. The topological polar surface area (TPSA) is 59.8 Å². The Bertz CT molecular complexity index is 797. The van der Waals surface area contributed by atoms with Crippen molar-refractivity contribution in [3.63, 3.8) is 0 Å². The molecule has 5 nitrogen and oxygen atoms in total. The van der Waals surface area contributed by atoms with E-state index in [1.165, 1.54) is 0 Å². The van der Waals surface area contributed by atoms with Gasteiger partial charge in [0.05, 0.1) is 5.69 Å². The highest BCUT2D eigenvalue weighted by Crippen LogP contribution is 2.21. The van der Waals surface area contributed by atoms with Gasteiger partial charge in [0, 0.05) is 41.7 Å². The average Bonchev–Trinajstić information content (AvgIpc) is 2.90. The standard InChI is InChI=1S/C16H13ClN4O/c1-21-15(10-14(20-21)11-6-8-18-9-7-11)19-16(22)12-2-4-13(17)5-3-12/h2-10H,1H3,(H,19,22). The molecule has 0 radical (unpaired) electrons. The summed E-state index contributed by atoms with van der Waals surface area (Å²) in [7, 11) is 1.78. The molecule has 1 amide bonds. The number of hydrogen-bond donors (Lipinski definition) is 1. The van der Waals surface area contributed by atoms with Crippen molar-refractivity contribution in [1.29, 1.82) is 0 Å². The van der Waals surface area contributed by atoms with Crippen LogP contribution in [0.3, 0.4) is 0 Å². The lowest BCUT2D eigenvalue weighted by Crippen LogP contribution is -2.14. The lowest BCUT2D eigenvalue weighted by atomic mass is 10.2. The van der Waals surface area contributed by atoms with Crippen LogP contribution in [0.5, 0.6) is 0 Å². The fraction of sp³-hybridized carbons (Fsp3) is 0.0625. The number of nitrogens with zero attached hydrogens (tertiary/aromatic N) is 3. The maximum absolute atomic E-state index is 12.2. The number of nitrogens with one attached hydrogen (secondary N) is 1. The van der Waals surface area contributed by atoms with Crippen LogP contribution < -0.4 is 5.32 Å². The van der Waals surface area contributed by atoms with Gasteiger partial charge in [0.1, 0.15) is 5.82 Å². The second kappa shape index (κ2) is 5.99. The molecule has 0 saturated carbocycles. The number of amides is 1. The van der Waals surface area contributed by atoms with E-state index in [9.17, 15) is 4.79 Å². The Morgan fingerprint density at radius 3 is 2.50 bits per heavy atom. The molecule has 0 unspecified atom stereocenters. The lowest BCUT2D eigenvalue weighted by molar-refractivity contribution is 0.102. The summed E-state index contributed by atoms with van der Waals surface area (Å²) in [6.07, 6.45) is 3.41. The molecule has 2 heterocycles. The first-order valence-corrected chi connectivity index (χ1v) is 7.02. The third-order valence-corrected chi connectivity index (χ3v) is 3.46. The van der Waals surface area contributed by atoms with Gasteiger partial charge in [-0.1, -0.05) is 11.6 Å². The summed E-state index contributed by atoms with van der Waals surface area (Å²) in [6, 6.07) is 12.3. The fourth-order valence-corrected chi connectivity index (χ4v) is 2.16. The predicted molar refractivity (Wildman–Crippen MR) is 85.8 cm³/mol. The molecule has 0 aliphatic carbocycles. The summed E-state index contributed by atoms with van der Waals surface area (Å²) in [5.41, 5.74) is 2.25. The van der Waals surface area contributed by atoms with Crippen LogP contribution in [0.2, 0.25) is 5.02 Å². The van der Waals surface area contributed by atoms with Gasteiger partial charge in [-0.3, -0.25) is 14.5 Å². The Balaban J connectivity index is 1.82. The van der Waals surface area contributed by atoms with Crippen LogP contribution in [0.15, 0.2) is 54.9 Å². The van der Waals surface area contributed by atoms with E-state index in [1.54, 1.807) is 48.4 Å². The molecule has 110 valence electrons. The first-order chi connectivity index (χ1) is 10.6. The van der Waals surface area contributed by atoms with E-state index in [-0.39, 0.29) is 5.91 Å². The zero-order valence-electron chi connectivity index (χ0n) is 11.8. The first-order valence-electron chi connectivity index (χ1n) is 6.65. The quantitative estimate of drug-likeness (QED) is 0.806. The van der Waals surface area contributed by atoms with Crippen LogP contribution in [0.1, 0.15) is 10.4 Å². The van der Waals surface area contributed by atoms with Crippen molar-refractivity contribution >= 4 is 23.3 Å². The van der Waals surface area contributed by atoms with Crippen LogP contribution in [0.25, 0.3) is 11.3 Å². The molecule has 0 saturated heterocycles. The first kappa shape index (κ1) is 14.3. The second-order valence-electron chi connectivity index (χ2n) is 4.74. The number of halogens is 1. The highest BCUT2D eigenvalue weighted by Gasteiger charge is 2.11. The summed E-state index contributed by atoms with van der Waals surface area (Å²) >= 11 is 5.82. The number of benzene rings is 1. The molecule has 0 fully saturated rings. The number of aromatic nitrogens is 3. The Kier molecular flexibility index (Phi) is 3.89. The van der Waals surface area contributed by atoms with Crippen LogP contribution in [0, 0.1) is 0 Å². The van der Waals surface area contributed by atoms with E-state index in [4.69, 9.17) is 11.6 Å². The summed E-state index contributed by atoms with van der Waals surface area (Å²) in [6.45, 7) is 0. The van der Waals surface area contributed by atoms with Gasteiger partial charge in [0.25, 0.3) is 5.91 Å². The van der Waals surface area contributed by atoms with E-state index < -0.39 is 0 Å². The normalized spacial score (nSPS) is 10.5. The third kappa shape index (κ3) is 2.99. The van der Waals surface area contributed by atoms with E-state index in [0.717, 1.165) is 11.3 Å². The minimum Gasteiger partial charge on any atom is -0.307 e. The van der Waals surface area contributed by atoms with E-state index in [0.29, 0.717) is 16.4 Å². The molecule has 0 aliphatic heterocycles. The molecule has 1 aromatic carbocycles. The van der Waals surface area contributed by atoms with Gasteiger partial charge < -0.3 is 5.32 Å². The molecule has 0 atom stereocenters. The highest BCUT2D eigenvalue weighted by molar-refractivity contribution is 6.30. The van der Waals surface area contributed by atoms with Crippen molar-refractivity contribution < 1.29 is 4.79 Å². The van der Waals surface area contributed by atoms with E-state index in [1.807, 2.05) is 18.2 Å². The molecular weight excluding hydrogens is 300 g/mol. The van der Waals surface area contributed by atoms with E-state index >= 15 is 0 Å². The van der Waals surface area contributed by atoms with Crippen molar-refractivity contribution in [3.05, 3.63) is 65.4 Å². The molecule has 3 aromatic rings. The van der Waals surface area contributed by atoms with Crippen LogP contribution in [-0.4, -0.2) is 20.7 Å². The number of aryl methyl sites for hydroxylation is 1. The lowest BCUT2D eigenvalue weighted by Gasteiger charge is -2.04. The molecule has 22 heavy (non-hydrogen) atoms. The Labute approximate surface area is 132 Å². The third-order valence-electron chi connectivity index (χ3n) is 3.20. The van der Waals surface area contributed by atoms with Crippen molar-refractivity contribution in [1.82, 2.24) is 14.8 Å². The molecule has 6 heteroatoms. The molecule has 0 aliphatic rings. The molecule has 3 rings (SSSR count). The summed E-state index contributed by atoms with van der Waals surface area (Å²) < 4.78 is 1.63. The van der Waals surface area contributed by atoms with Gasteiger partial charge >= 0.3 is 0 Å². The molecule has 1 N–H and O–H groups in total. The molecule has 0 bridgehead atoms. The maximum atomic E-state index is 12.2. The average molecular weight is 313 g/mol. The van der Waals surface area contributed by atoms with Crippen LogP contribution in [0.4, 0.5) is 5.82 Å². The molecule has 0 spiro atoms. The number of carbonyl (C=O) groups excluding carboxylic acids is 1. The highest BCUT2D eigenvalue weighted by atomic mass is 35.5. The zero-order valence-corrected chi connectivity index (χ0v) is 12.6. The predicted octanol–water partition coefficient (Wildman–Crippen LogP) is 3.39. The minimum atomic E-state index is -0.207. The number of anilines is 1. The summed E-state index contributed by atoms with van der Waals surface area (Å²) in [4.78, 5) is 16.2. The van der Waals surface area contributed by atoms with Crippen LogP contribution >= 0.6 is 11.6 Å². The van der Waals surface area contributed by atoms with Crippen molar-refractivity contribution in [2.75, 3.05) is 5.32 Å². The zero-order chi connectivity index (χ0) is 15.5. The maximum Gasteiger partial charge on any atom is 0.256 e. The van der Waals surface area contributed by atoms with Gasteiger partial charge in [0.15, 0.2) is 0 Å². The van der Waals surface area contributed by atoms with Crippen molar-refractivity contribution in [3.8, 4) is 11.3 Å². The summed E-state index contributed by atoms with van der Waals surface area (Å²) in [5, 5.41) is 7.83. The second-order valence-corrected chi connectivity index (χ2v) is 5.17.